The molecule has 0 aliphatic carbocycles. The van der Waals surface area contributed by atoms with Crippen LogP contribution in [0.4, 0.5) is 5.69 Å². The highest BCUT2D eigenvalue weighted by Crippen LogP contribution is 2.21. The highest BCUT2D eigenvalue weighted by atomic mass is 32.2. The Morgan fingerprint density at radius 3 is 2.70 bits per heavy atom. The number of hydrogen-bond acceptors (Lipinski definition) is 8. The van der Waals surface area contributed by atoms with E-state index in [-0.39, 0.29) is 11.3 Å². The maximum atomic E-state index is 12.1. The summed E-state index contributed by atoms with van der Waals surface area (Å²) < 4.78 is 35.9. The zero-order valence-corrected chi connectivity index (χ0v) is 15.8. The molecule has 2 aromatic carbocycles. The van der Waals surface area contributed by atoms with Gasteiger partial charge in [-0.05, 0) is 29.8 Å². The first-order valence-corrected chi connectivity index (χ1v) is 10.6. The van der Waals surface area contributed by atoms with E-state index in [0.29, 0.717) is 22.3 Å². The van der Waals surface area contributed by atoms with Gasteiger partial charge < -0.3 is 10.1 Å². The number of aromatic nitrogens is 2. The van der Waals surface area contributed by atoms with E-state index in [9.17, 15) is 18.0 Å². The molecule has 27 heavy (non-hydrogen) atoms. The largest absolute Gasteiger partial charge is 0.452 e. The number of carbonyl (C=O) groups is 2. The maximum absolute atomic E-state index is 12.1. The predicted molar refractivity (Wildman–Crippen MR) is 101 cm³/mol. The molecular weight excluding hydrogens is 390 g/mol. The first-order valence-electron chi connectivity index (χ1n) is 7.77. The second-order valence-corrected chi connectivity index (χ2v) is 8.50. The second-order valence-electron chi connectivity index (χ2n) is 5.83. The van der Waals surface area contributed by atoms with Gasteiger partial charge in [0.05, 0.1) is 28.7 Å². The minimum absolute atomic E-state index is 0.176. The monoisotopic (exact) mass is 405 g/mol. The molecule has 8 nitrogen and oxygen atoms in total. The quantitative estimate of drug-likeness (QED) is 0.624. The van der Waals surface area contributed by atoms with Crippen LogP contribution in [0.1, 0.15) is 15.9 Å². The van der Waals surface area contributed by atoms with E-state index in [0.717, 1.165) is 18.0 Å². The smallest absolute Gasteiger partial charge is 0.338 e. The second kappa shape index (κ2) is 7.80. The van der Waals surface area contributed by atoms with Crippen molar-refractivity contribution >= 4 is 50.2 Å². The molecule has 0 fully saturated rings. The molecule has 1 aromatic heterocycles. The molecule has 0 saturated heterocycles. The summed E-state index contributed by atoms with van der Waals surface area (Å²) in [5.41, 5.74) is 2.36. The molecule has 1 amide bonds. The van der Waals surface area contributed by atoms with Gasteiger partial charge in [0.25, 0.3) is 5.91 Å². The average Bonchev–Trinajstić information content (AvgIpc) is 3.08. The van der Waals surface area contributed by atoms with Gasteiger partial charge in [0.15, 0.2) is 16.4 Å². The molecule has 0 bridgehead atoms. The van der Waals surface area contributed by atoms with Crippen LogP contribution in [-0.2, 0) is 25.1 Å². The van der Waals surface area contributed by atoms with E-state index in [4.69, 9.17) is 4.74 Å². The van der Waals surface area contributed by atoms with Crippen LogP contribution in [0, 0.1) is 0 Å². The molecule has 10 heteroatoms. The normalized spacial score (nSPS) is 11.3. The van der Waals surface area contributed by atoms with Crippen LogP contribution in [0.5, 0.6) is 0 Å². The summed E-state index contributed by atoms with van der Waals surface area (Å²) in [5.74, 6) is -1.41. The standard InChI is InChI=1S/C17H15N3O5S2/c1-27(23,24)10-11-4-2-5-12(8-11)17(22)25-9-15(21)18-13-6-3-7-14-16(13)20-26-19-14/h2-8H,9-10H2,1H3,(H,18,21). The lowest BCUT2D eigenvalue weighted by atomic mass is 10.1. The molecule has 0 unspecified atom stereocenters. The molecule has 0 saturated carbocycles. The number of carbonyl (C=O) groups excluding carboxylic acids is 2. The summed E-state index contributed by atoms with van der Waals surface area (Å²) in [6.07, 6.45) is 1.11. The van der Waals surface area contributed by atoms with E-state index in [1.54, 1.807) is 30.3 Å². The number of nitrogens with one attached hydrogen (secondary N) is 1. The molecular formula is C17H15N3O5S2. The van der Waals surface area contributed by atoms with E-state index in [1.165, 1.54) is 12.1 Å². The number of anilines is 1. The third-order valence-electron chi connectivity index (χ3n) is 3.49. The number of benzene rings is 2. The summed E-state index contributed by atoms with van der Waals surface area (Å²) in [6.45, 7) is -0.483. The molecule has 0 atom stereocenters. The van der Waals surface area contributed by atoms with Crippen molar-refractivity contribution in [2.45, 2.75) is 5.75 Å². The minimum atomic E-state index is -3.22. The SMILES string of the molecule is CS(=O)(=O)Cc1cccc(C(=O)OCC(=O)Nc2cccc3nsnc23)c1. The summed E-state index contributed by atoms with van der Waals surface area (Å²) in [4.78, 5) is 24.2. The number of amides is 1. The molecule has 3 rings (SSSR count). The molecule has 0 spiro atoms. The first kappa shape index (κ1) is 18.9. The van der Waals surface area contributed by atoms with Crippen molar-refractivity contribution in [1.82, 2.24) is 8.75 Å². The number of nitrogens with zero attached hydrogens (tertiary/aromatic N) is 2. The Hall–Kier alpha value is -2.85. The van der Waals surface area contributed by atoms with Gasteiger partial charge in [0.1, 0.15) is 11.0 Å². The molecule has 0 aliphatic heterocycles. The topological polar surface area (TPSA) is 115 Å². The van der Waals surface area contributed by atoms with Crippen LogP contribution >= 0.6 is 11.7 Å². The van der Waals surface area contributed by atoms with Gasteiger partial charge in [0.2, 0.25) is 0 Å². The molecule has 3 aromatic rings. The molecule has 1 heterocycles. The van der Waals surface area contributed by atoms with Gasteiger partial charge in [-0.2, -0.15) is 8.75 Å². The summed E-state index contributed by atoms with van der Waals surface area (Å²) in [7, 11) is -3.22. The van der Waals surface area contributed by atoms with E-state index >= 15 is 0 Å². The van der Waals surface area contributed by atoms with Crippen LogP contribution in [0.3, 0.4) is 0 Å². The van der Waals surface area contributed by atoms with Crippen molar-refractivity contribution in [3.8, 4) is 0 Å². The highest BCUT2D eigenvalue weighted by molar-refractivity contribution is 7.89. The van der Waals surface area contributed by atoms with Crippen molar-refractivity contribution < 1.29 is 22.7 Å². The number of sulfone groups is 1. The van der Waals surface area contributed by atoms with E-state index in [2.05, 4.69) is 14.1 Å². The maximum Gasteiger partial charge on any atom is 0.338 e. The lowest BCUT2D eigenvalue weighted by Crippen LogP contribution is -2.21. The fraction of sp³-hybridized carbons (Fsp3) is 0.176. The zero-order chi connectivity index (χ0) is 19.4. The Bertz CT molecular complexity index is 1110. The molecule has 1 N–H and O–H groups in total. The van der Waals surface area contributed by atoms with Crippen LogP contribution in [0.2, 0.25) is 0 Å². The Morgan fingerprint density at radius 1 is 1.15 bits per heavy atom. The lowest BCUT2D eigenvalue weighted by Gasteiger charge is -2.08. The Balaban J connectivity index is 1.61. The van der Waals surface area contributed by atoms with Crippen LogP contribution in [-0.4, -0.2) is 41.9 Å². The first-order chi connectivity index (χ1) is 12.8. The highest BCUT2D eigenvalue weighted by Gasteiger charge is 2.14. The fourth-order valence-electron chi connectivity index (χ4n) is 2.40. The van der Waals surface area contributed by atoms with E-state index in [1.807, 2.05) is 0 Å². The molecule has 0 radical (unpaired) electrons. The van der Waals surface area contributed by atoms with Crippen molar-refractivity contribution in [2.75, 3.05) is 18.2 Å². The summed E-state index contributed by atoms with van der Waals surface area (Å²) in [5, 5.41) is 2.63. The van der Waals surface area contributed by atoms with Crippen LogP contribution < -0.4 is 5.32 Å². The van der Waals surface area contributed by atoms with Crippen molar-refractivity contribution in [3.63, 3.8) is 0 Å². The Labute approximate surface area is 159 Å². The van der Waals surface area contributed by atoms with Crippen molar-refractivity contribution in [3.05, 3.63) is 53.6 Å². The zero-order valence-electron chi connectivity index (χ0n) is 14.2. The van der Waals surface area contributed by atoms with Gasteiger partial charge in [-0.15, -0.1) is 0 Å². The minimum Gasteiger partial charge on any atom is -0.452 e. The van der Waals surface area contributed by atoms with Crippen LogP contribution in [0.15, 0.2) is 42.5 Å². The summed E-state index contributed by atoms with van der Waals surface area (Å²) in [6, 6.07) is 11.3. The third kappa shape index (κ3) is 5.08. The van der Waals surface area contributed by atoms with Crippen molar-refractivity contribution in [2.24, 2.45) is 0 Å². The van der Waals surface area contributed by atoms with Crippen molar-refractivity contribution in [1.29, 1.82) is 0 Å². The molecule has 140 valence electrons. The van der Waals surface area contributed by atoms with E-state index < -0.39 is 28.3 Å². The average molecular weight is 405 g/mol. The van der Waals surface area contributed by atoms with Crippen LogP contribution in [0.25, 0.3) is 11.0 Å². The predicted octanol–water partition coefficient (Wildman–Crippen LogP) is 2.03. The Kier molecular flexibility index (Phi) is 5.47. The number of fused-ring (bicyclic) bond motifs is 1. The van der Waals surface area contributed by atoms with Gasteiger partial charge in [-0.25, -0.2) is 13.2 Å². The van der Waals surface area contributed by atoms with Gasteiger partial charge in [0, 0.05) is 6.26 Å². The number of hydrogen-bond donors (Lipinski definition) is 1. The van der Waals surface area contributed by atoms with Gasteiger partial charge in [-0.3, -0.25) is 4.79 Å². The summed E-state index contributed by atoms with van der Waals surface area (Å²) >= 11 is 1.04. The number of rotatable bonds is 6. The fourth-order valence-corrected chi connectivity index (χ4v) is 3.73. The van der Waals surface area contributed by atoms with Gasteiger partial charge in [-0.1, -0.05) is 18.2 Å². The van der Waals surface area contributed by atoms with Gasteiger partial charge >= 0.3 is 5.97 Å². The number of ether oxygens (including phenoxy) is 1. The lowest BCUT2D eigenvalue weighted by molar-refractivity contribution is -0.119. The molecule has 0 aliphatic rings. The number of esters is 1. The Morgan fingerprint density at radius 2 is 1.93 bits per heavy atom. The third-order valence-corrected chi connectivity index (χ3v) is 4.89.